The lowest BCUT2D eigenvalue weighted by atomic mass is 9.86. The Kier molecular flexibility index (Phi) is 5.44. The second-order valence-corrected chi connectivity index (χ2v) is 11.4. The first-order valence-corrected chi connectivity index (χ1v) is 14.4. The molecule has 0 saturated carbocycles. The zero-order valence-corrected chi connectivity index (χ0v) is 23.1. The van der Waals surface area contributed by atoms with E-state index in [2.05, 4.69) is 72.8 Å². The molecule has 42 heavy (non-hydrogen) atoms. The summed E-state index contributed by atoms with van der Waals surface area (Å²) in [6, 6.07) is 45.5. The van der Waals surface area contributed by atoms with Gasteiger partial charge in [0.2, 0.25) is 0 Å². The molecule has 0 spiro atoms. The fourth-order valence-electron chi connectivity index (χ4n) is 6.03. The molecule has 0 bridgehead atoms. The van der Waals surface area contributed by atoms with Crippen LogP contribution in [0.25, 0.3) is 75.5 Å². The minimum Gasteiger partial charge on any atom is -0.455 e. The van der Waals surface area contributed by atoms with E-state index >= 15 is 0 Å². The van der Waals surface area contributed by atoms with E-state index in [0.29, 0.717) is 11.1 Å². The van der Waals surface area contributed by atoms with Gasteiger partial charge in [-0.3, -0.25) is 0 Å². The number of nitrogens with zero attached hydrogens (tertiary/aromatic N) is 2. The molecule has 0 radical (unpaired) electrons. The third-order valence-electron chi connectivity index (χ3n) is 7.99. The number of benzene rings is 6. The van der Waals surface area contributed by atoms with Crippen LogP contribution < -0.4 is 0 Å². The van der Waals surface area contributed by atoms with Crippen LogP contribution in [0.15, 0.2) is 126 Å². The Balaban J connectivity index is 1.46. The van der Waals surface area contributed by atoms with E-state index in [1.807, 2.05) is 54.6 Å². The summed E-state index contributed by atoms with van der Waals surface area (Å²) in [5, 5.41) is 25.1. The zero-order chi connectivity index (χ0) is 28.2. The zero-order valence-electron chi connectivity index (χ0n) is 22.3. The van der Waals surface area contributed by atoms with Crippen molar-refractivity contribution in [2.75, 3.05) is 0 Å². The van der Waals surface area contributed by atoms with Crippen molar-refractivity contribution in [1.82, 2.24) is 0 Å². The van der Waals surface area contributed by atoms with Gasteiger partial charge in [0.05, 0.1) is 17.2 Å². The molecular weight excluding hydrogens is 532 g/mol. The second kappa shape index (κ2) is 9.46. The Morgan fingerprint density at radius 2 is 1.19 bits per heavy atom. The molecule has 194 valence electrons. The Labute approximate surface area is 245 Å². The van der Waals surface area contributed by atoms with E-state index in [9.17, 15) is 10.5 Å². The minimum absolute atomic E-state index is 0.511. The fraction of sp³-hybridized carbons (Fsp3) is 0. The maximum atomic E-state index is 10.6. The maximum absolute atomic E-state index is 10.6. The third-order valence-corrected chi connectivity index (χ3v) is 9.14. The summed E-state index contributed by atoms with van der Waals surface area (Å²) in [7, 11) is 0. The largest absolute Gasteiger partial charge is 0.455 e. The second-order valence-electron chi connectivity index (χ2n) is 10.3. The van der Waals surface area contributed by atoms with Gasteiger partial charge in [0, 0.05) is 53.2 Å². The smallest absolute Gasteiger partial charge is 0.143 e. The highest BCUT2D eigenvalue weighted by molar-refractivity contribution is 7.25. The highest BCUT2D eigenvalue weighted by Crippen LogP contribution is 2.43. The van der Waals surface area contributed by atoms with Crippen molar-refractivity contribution < 1.29 is 4.42 Å². The summed E-state index contributed by atoms with van der Waals surface area (Å²) in [4.78, 5) is 0. The molecule has 8 aromatic rings. The maximum Gasteiger partial charge on any atom is 0.143 e. The van der Waals surface area contributed by atoms with Crippen LogP contribution in [0, 0.1) is 22.7 Å². The first kappa shape index (κ1) is 24.1. The number of rotatable bonds is 3. The third kappa shape index (κ3) is 3.64. The molecule has 0 saturated heterocycles. The quantitative estimate of drug-likeness (QED) is 0.219. The molecule has 0 N–H and O–H groups in total. The van der Waals surface area contributed by atoms with Gasteiger partial charge in [-0.2, -0.15) is 10.5 Å². The summed E-state index contributed by atoms with van der Waals surface area (Å²) in [5.41, 5.74) is 7.68. The van der Waals surface area contributed by atoms with Gasteiger partial charge in [0.25, 0.3) is 0 Å². The molecule has 8 rings (SSSR count). The summed E-state index contributed by atoms with van der Waals surface area (Å²) in [6.07, 6.45) is 0. The SMILES string of the molecule is N#Cc1ccccc1-c1cc(-c2ccc3sc4ccccc4c3c2)cc(-c2cccc3c2oc2ccccc23)c1C#N. The van der Waals surface area contributed by atoms with Gasteiger partial charge >= 0.3 is 0 Å². The molecular formula is C38H20N2OS. The van der Waals surface area contributed by atoms with Crippen LogP contribution in [-0.4, -0.2) is 0 Å². The number of fused-ring (bicyclic) bond motifs is 6. The topological polar surface area (TPSA) is 60.7 Å². The van der Waals surface area contributed by atoms with E-state index in [0.717, 1.165) is 55.3 Å². The molecule has 2 aromatic heterocycles. The average Bonchev–Trinajstić information content (AvgIpc) is 3.62. The Morgan fingerprint density at radius 1 is 0.500 bits per heavy atom. The van der Waals surface area contributed by atoms with Gasteiger partial charge in [0.15, 0.2) is 0 Å². The van der Waals surface area contributed by atoms with E-state index in [1.165, 1.54) is 20.2 Å². The number of thiophene rings is 1. The lowest BCUT2D eigenvalue weighted by Gasteiger charge is -2.15. The van der Waals surface area contributed by atoms with Crippen LogP contribution in [0.1, 0.15) is 11.1 Å². The number of hydrogen-bond donors (Lipinski definition) is 0. The molecule has 3 nitrogen and oxygen atoms in total. The molecule has 0 amide bonds. The molecule has 2 heterocycles. The van der Waals surface area contributed by atoms with Crippen LogP contribution in [0.3, 0.4) is 0 Å². The first-order chi connectivity index (χ1) is 20.7. The Morgan fingerprint density at radius 3 is 2.05 bits per heavy atom. The van der Waals surface area contributed by atoms with E-state index < -0.39 is 0 Å². The number of hydrogen-bond acceptors (Lipinski definition) is 4. The predicted octanol–water partition coefficient (Wildman–Crippen LogP) is 10.7. The number of para-hydroxylation sites is 2. The van der Waals surface area contributed by atoms with Crippen molar-refractivity contribution in [2.45, 2.75) is 0 Å². The monoisotopic (exact) mass is 552 g/mol. The first-order valence-electron chi connectivity index (χ1n) is 13.6. The molecule has 0 fully saturated rings. The van der Waals surface area contributed by atoms with Crippen molar-refractivity contribution in [3.05, 3.63) is 132 Å². The van der Waals surface area contributed by atoms with Gasteiger partial charge in [-0.25, -0.2) is 0 Å². The van der Waals surface area contributed by atoms with Crippen molar-refractivity contribution in [2.24, 2.45) is 0 Å². The van der Waals surface area contributed by atoms with Crippen LogP contribution in [0.5, 0.6) is 0 Å². The van der Waals surface area contributed by atoms with E-state index in [-0.39, 0.29) is 0 Å². The number of nitriles is 2. The van der Waals surface area contributed by atoms with Gasteiger partial charge in [-0.1, -0.05) is 78.9 Å². The summed E-state index contributed by atoms with van der Waals surface area (Å²) in [6.45, 7) is 0. The van der Waals surface area contributed by atoms with Crippen molar-refractivity contribution in [1.29, 1.82) is 10.5 Å². The molecule has 0 atom stereocenters. The van der Waals surface area contributed by atoms with Crippen molar-refractivity contribution in [3.8, 4) is 45.5 Å². The molecule has 0 unspecified atom stereocenters. The fourth-order valence-corrected chi connectivity index (χ4v) is 7.12. The predicted molar refractivity (Wildman–Crippen MR) is 172 cm³/mol. The van der Waals surface area contributed by atoms with Crippen molar-refractivity contribution >= 4 is 53.4 Å². The standard InChI is InChI=1S/C38H20N2OS/c39-21-24-8-1-2-9-26(24)31-19-25(23-16-17-37-33(18-23)28-11-4-6-15-36(28)42-37)20-32(34(31)22-40)30-13-7-12-29-27-10-3-5-14-35(27)41-38(29)30/h1-20H. The Hall–Kier alpha value is -5.68. The Bertz CT molecular complexity index is 2450. The summed E-state index contributed by atoms with van der Waals surface area (Å²) >= 11 is 1.79. The average molecular weight is 553 g/mol. The molecule has 4 heteroatoms. The molecule has 0 aliphatic carbocycles. The van der Waals surface area contributed by atoms with Crippen LogP contribution in [0.4, 0.5) is 0 Å². The minimum atomic E-state index is 0.511. The van der Waals surface area contributed by atoms with Gasteiger partial charge in [-0.05, 0) is 53.6 Å². The highest BCUT2D eigenvalue weighted by Gasteiger charge is 2.21. The molecule has 0 aliphatic rings. The van der Waals surface area contributed by atoms with Crippen LogP contribution in [-0.2, 0) is 0 Å². The van der Waals surface area contributed by atoms with Crippen molar-refractivity contribution in [3.63, 3.8) is 0 Å². The number of furan rings is 1. The van der Waals surface area contributed by atoms with Gasteiger partial charge < -0.3 is 4.42 Å². The summed E-state index contributed by atoms with van der Waals surface area (Å²) in [5.74, 6) is 0. The van der Waals surface area contributed by atoms with E-state index in [1.54, 1.807) is 17.4 Å². The molecule has 0 aliphatic heterocycles. The van der Waals surface area contributed by atoms with Gasteiger partial charge in [-0.15, -0.1) is 11.3 Å². The summed E-state index contributed by atoms with van der Waals surface area (Å²) < 4.78 is 8.90. The van der Waals surface area contributed by atoms with Crippen LogP contribution >= 0.6 is 11.3 Å². The van der Waals surface area contributed by atoms with Crippen LogP contribution in [0.2, 0.25) is 0 Å². The normalized spacial score (nSPS) is 11.3. The van der Waals surface area contributed by atoms with E-state index in [4.69, 9.17) is 4.42 Å². The molecule has 6 aromatic carbocycles. The lowest BCUT2D eigenvalue weighted by molar-refractivity contribution is 0.670. The van der Waals surface area contributed by atoms with Gasteiger partial charge in [0.1, 0.15) is 17.2 Å². The highest BCUT2D eigenvalue weighted by atomic mass is 32.1. The lowest BCUT2D eigenvalue weighted by Crippen LogP contribution is -1.95.